The van der Waals surface area contributed by atoms with Gasteiger partial charge in [-0.3, -0.25) is 4.90 Å². The SMILES string of the molecule is CCc1cnc(N)nc1N1CCN(CC2CCCO2)CC1. The number of hydrogen-bond acceptors (Lipinski definition) is 6. The zero-order valence-electron chi connectivity index (χ0n) is 12.8. The zero-order chi connectivity index (χ0) is 14.7. The van der Waals surface area contributed by atoms with Crippen LogP contribution < -0.4 is 10.6 Å². The normalized spacial score (nSPS) is 23.7. The molecule has 2 aliphatic rings. The van der Waals surface area contributed by atoms with E-state index in [-0.39, 0.29) is 0 Å². The van der Waals surface area contributed by atoms with Crippen LogP contribution in [0.4, 0.5) is 11.8 Å². The predicted molar refractivity (Wildman–Crippen MR) is 83.4 cm³/mol. The Morgan fingerprint density at radius 2 is 2.14 bits per heavy atom. The van der Waals surface area contributed by atoms with Crippen LogP contribution in [0.5, 0.6) is 0 Å². The van der Waals surface area contributed by atoms with Gasteiger partial charge in [0.1, 0.15) is 5.82 Å². The molecule has 1 unspecified atom stereocenters. The van der Waals surface area contributed by atoms with Crippen LogP contribution >= 0.6 is 0 Å². The summed E-state index contributed by atoms with van der Waals surface area (Å²) in [6, 6.07) is 0. The number of ether oxygens (including phenoxy) is 1. The Bertz CT molecular complexity index is 467. The van der Waals surface area contributed by atoms with Gasteiger partial charge in [0.05, 0.1) is 6.10 Å². The first-order valence-electron chi connectivity index (χ1n) is 7.96. The lowest BCUT2D eigenvalue weighted by atomic mass is 10.2. The first kappa shape index (κ1) is 14.5. The fourth-order valence-electron chi connectivity index (χ4n) is 3.15. The van der Waals surface area contributed by atoms with E-state index in [9.17, 15) is 0 Å². The van der Waals surface area contributed by atoms with Crippen molar-refractivity contribution in [3.63, 3.8) is 0 Å². The molecule has 2 aliphatic heterocycles. The molecule has 2 fully saturated rings. The van der Waals surface area contributed by atoms with Gasteiger partial charge in [-0.2, -0.15) is 4.98 Å². The lowest BCUT2D eigenvalue weighted by Crippen LogP contribution is -2.49. The lowest BCUT2D eigenvalue weighted by molar-refractivity contribution is 0.0712. The number of nitrogens with two attached hydrogens (primary N) is 1. The number of nitrogens with zero attached hydrogens (tertiary/aromatic N) is 4. The summed E-state index contributed by atoms with van der Waals surface area (Å²) in [4.78, 5) is 13.4. The van der Waals surface area contributed by atoms with Gasteiger partial charge >= 0.3 is 0 Å². The minimum absolute atomic E-state index is 0.365. The Morgan fingerprint density at radius 1 is 1.33 bits per heavy atom. The maximum atomic E-state index is 5.75. The number of anilines is 2. The third kappa shape index (κ3) is 3.44. The Balaban J connectivity index is 1.59. The van der Waals surface area contributed by atoms with Gasteiger partial charge in [0, 0.05) is 51.1 Å². The van der Waals surface area contributed by atoms with Crippen molar-refractivity contribution in [3.05, 3.63) is 11.8 Å². The van der Waals surface area contributed by atoms with Crippen LogP contribution in [-0.2, 0) is 11.2 Å². The van der Waals surface area contributed by atoms with E-state index in [0.717, 1.165) is 51.6 Å². The Morgan fingerprint density at radius 3 is 2.81 bits per heavy atom. The molecule has 3 rings (SSSR count). The lowest BCUT2D eigenvalue weighted by Gasteiger charge is -2.37. The number of rotatable bonds is 4. The second-order valence-corrected chi connectivity index (χ2v) is 5.85. The second kappa shape index (κ2) is 6.58. The Kier molecular flexibility index (Phi) is 4.55. The van der Waals surface area contributed by atoms with Crippen LogP contribution in [0.15, 0.2) is 6.20 Å². The molecule has 0 radical (unpaired) electrons. The monoisotopic (exact) mass is 291 g/mol. The fourth-order valence-corrected chi connectivity index (χ4v) is 3.15. The van der Waals surface area contributed by atoms with Gasteiger partial charge in [-0.15, -0.1) is 0 Å². The van der Waals surface area contributed by atoms with Crippen molar-refractivity contribution >= 4 is 11.8 Å². The second-order valence-electron chi connectivity index (χ2n) is 5.85. The van der Waals surface area contributed by atoms with Crippen molar-refractivity contribution in [2.24, 2.45) is 0 Å². The highest BCUT2D eigenvalue weighted by atomic mass is 16.5. The molecule has 0 amide bonds. The summed E-state index contributed by atoms with van der Waals surface area (Å²) >= 11 is 0. The van der Waals surface area contributed by atoms with Gasteiger partial charge in [0.2, 0.25) is 5.95 Å². The topological polar surface area (TPSA) is 67.5 Å². The molecule has 6 heteroatoms. The zero-order valence-corrected chi connectivity index (χ0v) is 12.8. The maximum absolute atomic E-state index is 5.75. The van der Waals surface area contributed by atoms with Crippen LogP contribution in [0.1, 0.15) is 25.3 Å². The minimum Gasteiger partial charge on any atom is -0.377 e. The molecule has 2 N–H and O–H groups in total. The average Bonchev–Trinajstić information content (AvgIpc) is 3.01. The molecule has 1 atom stereocenters. The highest BCUT2D eigenvalue weighted by molar-refractivity contribution is 5.49. The number of piperazine rings is 1. The molecule has 6 nitrogen and oxygen atoms in total. The van der Waals surface area contributed by atoms with Gasteiger partial charge in [-0.1, -0.05) is 6.92 Å². The summed E-state index contributed by atoms with van der Waals surface area (Å²) in [7, 11) is 0. The number of hydrogen-bond donors (Lipinski definition) is 1. The molecule has 0 aliphatic carbocycles. The van der Waals surface area contributed by atoms with Gasteiger partial charge in [-0.25, -0.2) is 4.98 Å². The molecule has 21 heavy (non-hydrogen) atoms. The molecule has 0 aromatic carbocycles. The van der Waals surface area contributed by atoms with E-state index in [4.69, 9.17) is 10.5 Å². The van der Waals surface area contributed by atoms with Gasteiger partial charge in [0.15, 0.2) is 0 Å². The third-order valence-electron chi connectivity index (χ3n) is 4.40. The molecule has 0 bridgehead atoms. The van der Waals surface area contributed by atoms with Crippen molar-refractivity contribution in [2.45, 2.75) is 32.3 Å². The molecule has 0 spiro atoms. The third-order valence-corrected chi connectivity index (χ3v) is 4.40. The highest BCUT2D eigenvalue weighted by Gasteiger charge is 2.24. The quantitative estimate of drug-likeness (QED) is 0.890. The van der Waals surface area contributed by atoms with Crippen LogP contribution in [0.3, 0.4) is 0 Å². The van der Waals surface area contributed by atoms with Crippen molar-refractivity contribution in [1.29, 1.82) is 0 Å². The number of aryl methyl sites for hydroxylation is 1. The van der Waals surface area contributed by atoms with Crippen molar-refractivity contribution in [2.75, 3.05) is 50.0 Å². The molecule has 1 aromatic rings. The standard InChI is InChI=1S/C15H25N5O/c1-2-12-10-17-15(16)18-14(12)20-7-5-19(6-8-20)11-13-4-3-9-21-13/h10,13H,2-9,11H2,1H3,(H2,16,17,18). The van der Waals surface area contributed by atoms with Crippen LogP contribution in [0.25, 0.3) is 0 Å². The Labute approximate surface area is 126 Å². The molecule has 116 valence electrons. The van der Waals surface area contributed by atoms with Crippen LogP contribution in [-0.4, -0.2) is 60.3 Å². The van der Waals surface area contributed by atoms with E-state index in [1.165, 1.54) is 18.4 Å². The van der Waals surface area contributed by atoms with Crippen molar-refractivity contribution in [1.82, 2.24) is 14.9 Å². The summed E-state index contributed by atoms with van der Waals surface area (Å²) in [5, 5.41) is 0. The smallest absolute Gasteiger partial charge is 0.221 e. The number of aromatic nitrogens is 2. The molecular formula is C15H25N5O. The van der Waals surface area contributed by atoms with E-state index < -0.39 is 0 Å². The first-order valence-corrected chi connectivity index (χ1v) is 7.96. The molecular weight excluding hydrogens is 266 g/mol. The van der Waals surface area contributed by atoms with E-state index in [1.54, 1.807) is 0 Å². The van der Waals surface area contributed by atoms with E-state index in [2.05, 4.69) is 26.7 Å². The van der Waals surface area contributed by atoms with Gasteiger partial charge in [-0.05, 0) is 19.3 Å². The van der Waals surface area contributed by atoms with Crippen molar-refractivity contribution in [3.8, 4) is 0 Å². The molecule has 0 saturated carbocycles. The summed E-state index contributed by atoms with van der Waals surface area (Å²) < 4.78 is 5.73. The fraction of sp³-hybridized carbons (Fsp3) is 0.733. The summed E-state index contributed by atoms with van der Waals surface area (Å²) in [5.41, 5.74) is 6.93. The van der Waals surface area contributed by atoms with E-state index >= 15 is 0 Å². The van der Waals surface area contributed by atoms with Crippen LogP contribution in [0.2, 0.25) is 0 Å². The minimum atomic E-state index is 0.365. The van der Waals surface area contributed by atoms with E-state index in [1.807, 2.05) is 6.20 Å². The predicted octanol–water partition coefficient (Wildman–Crippen LogP) is 0.922. The molecule has 2 saturated heterocycles. The van der Waals surface area contributed by atoms with E-state index in [0.29, 0.717) is 12.1 Å². The maximum Gasteiger partial charge on any atom is 0.221 e. The first-order chi connectivity index (χ1) is 10.3. The average molecular weight is 291 g/mol. The largest absolute Gasteiger partial charge is 0.377 e. The molecule has 1 aromatic heterocycles. The summed E-state index contributed by atoms with van der Waals surface area (Å²) in [6.07, 6.45) is 5.66. The highest BCUT2D eigenvalue weighted by Crippen LogP contribution is 2.21. The van der Waals surface area contributed by atoms with Gasteiger partial charge < -0.3 is 15.4 Å². The summed E-state index contributed by atoms with van der Waals surface area (Å²) in [6.45, 7) is 8.25. The van der Waals surface area contributed by atoms with Crippen molar-refractivity contribution < 1.29 is 4.74 Å². The number of nitrogen functional groups attached to an aromatic ring is 1. The van der Waals surface area contributed by atoms with Crippen LogP contribution in [0, 0.1) is 0 Å². The van der Waals surface area contributed by atoms with Gasteiger partial charge in [0.25, 0.3) is 0 Å². The molecule has 3 heterocycles. The Hall–Kier alpha value is -1.40. The summed E-state index contributed by atoms with van der Waals surface area (Å²) in [5.74, 6) is 1.38.